The van der Waals surface area contributed by atoms with Crippen molar-refractivity contribution in [1.82, 2.24) is 20.3 Å². The van der Waals surface area contributed by atoms with Crippen molar-refractivity contribution in [2.75, 3.05) is 7.11 Å². The lowest BCUT2D eigenvalue weighted by atomic mass is 10.2. The van der Waals surface area contributed by atoms with Crippen molar-refractivity contribution in [2.24, 2.45) is 0 Å². The molecule has 0 fully saturated rings. The number of halogens is 1. The third-order valence-electron chi connectivity index (χ3n) is 2.67. The highest BCUT2D eigenvalue weighted by Gasteiger charge is 2.10. The molecule has 1 amide bonds. The first-order valence-electron chi connectivity index (χ1n) is 6.14. The van der Waals surface area contributed by atoms with Gasteiger partial charge in [0.2, 0.25) is 0 Å². The van der Waals surface area contributed by atoms with Crippen molar-refractivity contribution in [1.29, 1.82) is 0 Å². The van der Waals surface area contributed by atoms with Crippen LogP contribution in [-0.4, -0.2) is 28.0 Å². The Bertz CT molecular complexity index is 612. The molecule has 2 aromatic rings. The first-order valence-corrected chi connectivity index (χ1v) is 6.93. The fourth-order valence-electron chi connectivity index (χ4n) is 1.67. The minimum atomic E-state index is -0.247. The van der Waals surface area contributed by atoms with E-state index < -0.39 is 0 Å². The van der Waals surface area contributed by atoms with Gasteiger partial charge in [0.15, 0.2) is 5.69 Å². The average molecular weight is 339 g/mol. The molecule has 7 heteroatoms. The van der Waals surface area contributed by atoms with Gasteiger partial charge >= 0.3 is 0 Å². The summed E-state index contributed by atoms with van der Waals surface area (Å²) in [6, 6.07) is 5.65. The molecule has 1 aromatic heterocycles. The molecule has 0 aliphatic rings. The Kier molecular flexibility index (Phi) is 4.73. The minimum Gasteiger partial charge on any atom is -0.497 e. The molecule has 0 spiro atoms. The van der Waals surface area contributed by atoms with Gasteiger partial charge in [0.05, 0.1) is 19.9 Å². The van der Waals surface area contributed by atoms with E-state index in [1.54, 1.807) is 7.11 Å². The number of methoxy groups -OCH3 is 1. The van der Waals surface area contributed by atoms with Crippen LogP contribution in [0.5, 0.6) is 5.75 Å². The molecular formula is C13H15BrN4O2. The second-order valence-corrected chi connectivity index (χ2v) is 5.02. The van der Waals surface area contributed by atoms with Crippen LogP contribution in [0.1, 0.15) is 23.0 Å². The Hall–Kier alpha value is -1.89. The van der Waals surface area contributed by atoms with Crippen LogP contribution in [0.25, 0.3) is 0 Å². The van der Waals surface area contributed by atoms with Crippen LogP contribution in [0.4, 0.5) is 0 Å². The Labute approximate surface area is 125 Å². The number of nitrogens with zero attached hydrogens (tertiary/aromatic N) is 3. The number of carbonyl (C=O) groups is 1. The molecule has 0 atom stereocenters. The third kappa shape index (κ3) is 3.57. The van der Waals surface area contributed by atoms with Crippen LogP contribution in [0.2, 0.25) is 0 Å². The molecule has 1 N–H and O–H groups in total. The number of rotatable bonds is 5. The van der Waals surface area contributed by atoms with Gasteiger partial charge in [0.1, 0.15) is 5.75 Å². The van der Waals surface area contributed by atoms with Crippen LogP contribution in [0, 0.1) is 0 Å². The normalized spacial score (nSPS) is 10.3. The minimum absolute atomic E-state index is 0.247. The summed E-state index contributed by atoms with van der Waals surface area (Å²) in [7, 11) is 1.60. The Balaban J connectivity index is 2.01. The highest BCUT2D eigenvalue weighted by molar-refractivity contribution is 9.10. The summed E-state index contributed by atoms with van der Waals surface area (Å²) in [5.41, 5.74) is 1.25. The van der Waals surface area contributed by atoms with Gasteiger partial charge in [0, 0.05) is 11.0 Å². The van der Waals surface area contributed by atoms with Gasteiger partial charge < -0.3 is 10.1 Å². The Morgan fingerprint density at radius 1 is 1.45 bits per heavy atom. The number of nitrogens with one attached hydrogen (secondary N) is 1. The number of aryl methyl sites for hydroxylation is 1. The lowest BCUT2D eigenvalue weighted by molar-refractivity contribution is 0.0945. The van der Waals surface area contributed by atoms with Gasteiger partial charge in [-0.05, 0) is 30.7 Å². The molecular weight excluding hydrogens is 324 g/mol. The third-order valence-corrected chi connectivity index (χ3v) is 3.13. The first-order chi connectivity index (χ1) is 9.62. The number of hydrogen-bond donors (Lipinski definition) is 1. The lowest BCUT2D eigenvalue weighted by Gasteiger charge is -2.07. The molecule has 0 bridgehead atoms. The average Bonchev–Trinajstić information content (AvgIpc) is 2.93. The topological polar surface area (TPSA) is 69.0 Å². The van der Waals surface area contributed by atoms with Crippen LogP contribution < -0.4 is 10.1 Å². The number of ether oxygens (including phenoxy) is 1. The predicted molar refractivity (Wildman–Crippen MR) is 77.6 cm³/mol. The van der Waals surface area contributed by atoms with Gasteiger partial charge in [-0.2, -0.15) is 9.90 Å². The van der Waals surface area contributed by atoms with E-state index in [1.165, 1.54) is 11.0 Å². The molecule has 0 aliphatic heterocycles. The summed E-state index contributed by atoms with van der Waals surface area (Å²) in [4.78, 5) is 13.4. The highest BCUT2D eigenvalue weighted by atomic mass is 79.9. The molecule has 0 aliphatic carbocycles. The first kappa shape index (κ1) is 14.5. The van der Waals surface area contributed by atoms with Gasteiger partial charge in [-0.15, -0.1) is 5.10 Å². The van der Waals surface area contributed by atoms with Crippen molar-refractivity contribution in [2.45, 2.75) is 20.0 Å². The van der Waals surface area contributed by atoms with Crippen molar-refractivity contribution in [3.8, 4) is 5.75 Å². The van der Waals surface area contributed by atoms with E-state index in [1.807, 2.05) is 25.1 Å². The smallest absolute Gasteiger partial charge is 0.273 e. The van der Waals surface area contributed by atoms with Gasteiger partial charge in [-0.3, -0.25) is 4.79 Å². The largest absolute Gasteiger partial charge is 0.497 e. The molecule has 1 heterocycles. The van der Waals surface area contributed by atoms with Crippen LogP contribution in [0.15, 0.2) is 28.9 Å². The van der Waals surface area contributed by atoms with Crippen molar-refractivity contribution < 1.29 is 9.53 Å². The maximum Gasteiger partial charge on any atom is 0.273 e. The van der Waals surface area contributed by atoms with Crippen molar-refractivity contribution >= 4 is 21.8 Å². The quantitative estimate of drug-likeness (QED) is 0.905. The fourth-order valence-corrected chi connectivity index (χ4v) is 2.19. The van der Waals surface area contributed by atoms with Crippen LogP contribution in [-0.2, 0) is 13.1 Å². The van der Waals surface area contributed by atoms with Gasteiger partial charge in [-0.25, -0.2) is 0 Å². The molecule has 106 valence electrons. The van der Waals surface area contributed by atoms with Crippen LogP contribution in [0.3, 0.4) is 0 Å². The fraction of sp³-hybridized carbons (Fsp3) is 0.308. The maximum atomic E-state index is 11.9. The monoisotopic (exact) mass is 338 g/mol. The summed E-state index contributed by atoms with van der Waals surface area (Å²) in [5, 5.41) is 10.8. The van der Waals surface area contributed by atoms with E-state index >= 15 is 0 Å². The Morgan fingerprint density at radius 3 is 2.90 bits per heavy atom. The van der Waals surface area contributed by atoms with E-state index in [0.717, 1.165) is 15.8 Å². The van der Waals surface area contributed by atoms with E-state index in [4.69, 9.17) is 4.74 Å². The molecule has 0 radical (unpaired) electrons. The SMILES string of the molecule is CCn1ncc(C(=O)NCc2cc(Br)cc(OC)c2)n1. The summed E-state index contributed by atoms with van der Waals surface area (Å²) in [6.07, 6.45) is 1.46. The number of carbonyl (C=O) groups excluding carboxylic acids is 1. The molecule has 2 rings (SSSR count). The summed E-state index contributed by atoms with van der Waals surface area (Å²) >= 11 is 3.40. The second kappa shape index (κ2) is 6.51. The molecule has 0 saturated carbocycles. The summed E-state index contributed by atoms with van der Waals surface area (Å²) in [6.45, 7) is 2.94. The van der Waals surface area contributed by atoms with E-state index in [-0.39, 0.29) is 5.91 Å². The predicted octanol–water partition coefficient (Wildman–Crippen LogP) is 2.00. The van der Waals surface area contributed by atoms with Crippen molar-refractivity contribution in [3.63, 3.8) is 0 Å². The lowest BCUT2D eigenvalue weighted by Crippen LogP contribution is -2.23. The summed E-state index contributed by atoms with van der Waals surface area (Å²) in [5.74, 6) is 0.490. The van der Waals surface area contributed by atoms with Gasteiger partial charge in [0.25, 0.3) is 5.91 Å². The second-order valence-electron chi connectivity index (χ2n) is 4.10. The number of benzene rings is 1. The molecule has 6 nitrogen and oxygen atoms in total. The van der Waals surface area contributed by atoms with Gasteiger partial charge in [-0.1, -0.05) is 15.9 Å². The number of hydrogen-bond acceptors (Lipinski definition) is 4. The number of amides is 1. The molecule has 0 unspecified atom stereocenters. The van der Waals surface area contributed by atoms with Crippen molar-refractivity contribution in [3.05, 3.63) is 40.1 Å². The van der Waals surface area contributed by atoms with Crippen LogP contribution >= 0.6 is 15.9 Å². The molecule has 1 aromatic carbocycles. The zero-order chi connectivity index (χ0) is 14.5. The zero-order valence-corrected chi connectivity index (χ0v) is 12.8. The molecule has 20 heavy (non-hydrogen) atoms. The van der Waals surface area contributed by atoms with E-state index in [9.17, 15) is 4.79 Å². The van der Waals surface area contributed by atoms with E-state index in [0.29, 0.717) is 18.8 Å². The number of aromatic nitrogens is 3. The maximum absolute atomic E-state index is 11.9. The zero-order valence-electron chi connectivity index (χ0n) is 11.3. The highest BCUT2D eigenvalue weighted by Crippen LogP contribution is 2.21. The standard InChI is InChI=1S/C13H15BrN4O2/c1-3-18-16-8-12(17-18)13(19)15-7-9-4-10(14)6-11(5-9)20-2/h4-6,8H,3,7H2,1-2H3,(H,15,19). The van der Waals surface area contributed by atoms with E-state index in [2.05, 4.69) is 31.4 Å². The molecule has 0 saturated heterocycles. The summed E-state index contributed by atoms with van der Waals surface area (Å²) < 4.78 is 6.08. The Morgan fingerprint density at radius 2 is 2.25 bits per heavy atom.